The van der Waals surface area contributed by atoms with E-state index in [0.29, 0.717) is 13.1 Å². The molecule has 0 aliphatic heterocycles. The molecule has 0 radical (unpaired) electrons. The van der Waals surface area contributed by atoms with Crippen molar-refractivity contribution in [3.8, 4) is 0 Å². The summed E-state index contributed by atoms with van der Waals surface area (Å²) in [6, 6.07) is 16.3. The summed E-state index contributed by atoms with van der Waals surface area (Å²) in [6.45, 7) is 9.50. The molecule has 0 bridgehead atoms. The topological polar surface area (TPSA) is 41.1 Å². The van der Waals surface area contributed by atoms with Crippen LogP contribution in [-0.4, -0.2) is 12.5 Å². The lowest BCUT2D eigenvalue weighted by Gasteiger charge is -2.23. The van der Waals surface area contributed by atoms with Crippen LogP contribution in [0, 0.1) is 6.92 Å². The fourth-order valence-electron chi connectivity index (χ4n) is 2.58. The Bertz CT molecular complexity index is 671. The summed E-state index contributed by atoms with van der Waals surface area (Å²) in [5, 5.41) is 6.21. The predicted octanol–water partition coefficient (Wildman–Crippen LogP) is 4.02. The molecule has 2 aromatic carbocycles. The van der Waals surface area contributed by atoms with Crippen molar-refractivity contribution in [1.82, 2.24) is 5.32 Å². The highest BCUT2D eigenvalue weighted by molar-refractivity contribution is 5.93. The molecule has 122 valence electrons. The average molecular weight is 310 g/mol. The van der Waals surface area contributed by atoms with Gasteiger partial charge in [0.15, 0.2) is 0 Å². The molecular weight excluding hydrogens is 284 g/mol. The largest absolute Gasteiger partial charge is 0.325 e. The van der Waals surface area contributed by atoms with Crippen LogP contribution in [0.15, 0.2) is 48.5 Å². The molecule has 0 heterocycles. The Morgan fingerprint density at radius 2 is 1.78 bits per heavy atom. The smallest absolute Gasteiger partial charge is 0.238 e. The molecule has 2 rings (SSSR count). The van der Waals surface area contributed by atoms with Gasteiger partial charge < -0.3 is 10.6 Å². The van der Waals surface area contributed by atoms with E-state index in [4.69, 9.17) is 0 Å². The van der Waals surface area contributed by atoms with Gasteiger partial charge in [-0.05, 0) is 29.5 Å². The molecule has 0 saturated carbocycles. The van der Waals surface area contributed by atoms with Gasteiger partial charge in [0.2, 0.25) is 5.91 Å². The van der Waals surface area contributed by atoms with Gasteiger partial charge in [-0.2, -0.15) is 0 Å². The zero-order valence-electron chi connectivity index (χ0n) is 14.4. The van der Waals surface area contributed by atoms with Crippen LogP contribution in [0.5, 0.6) is 0 Å². The molecule has 0 saturated heterocycles. The van der Waals surface area contributed by atoms with Crippen molar-refractivity contribution in [2.45, 2.75) is 39.7 Å². The SMILES string of the molecule is Cc1cccc(CNCC(=O)Nc2ccccc2C(C)(C)C)c1. The Kier molecular flexibility index (Phi) is 5.56. The van der Waals surface area contributed by atoms with Crippen molar-refractivity contribution in [3.05, 3.63) is 65.2 Å². The summed E-state index contributed by atoms with van der Waals surface area (Å²) in [5.41, 5.74) is 4.45. The number of nitrogens with one attached hydrogen (secondary N) is 2. The molecule has 1 amide bonds. The first-order valence-electron chi connectivity index (χ1n) is 8.02. The van der Waals surface area contributed by atoms with Gasteiger partial charge in [0.1, 0.15) is 0 Å². The second kappa shape index (κ2) is 7.42. The van der Waals surface area contributed by atoms with Gasteiger partial charge in [-0.15, -0.1) is 0 Å². The van der Waals surface area contributed by atoms with Gasteiger partial charge in [0, 0.05) is 12.2 Å². The average Bonchev–Trinajstić information content (AvgIpc) is 2.47. The predicted molar refractivity (Wildman–Crippen MR) is 96.7 cm³/mol. The highest BCUT2D eigenvalue weighted by Gasteiger charge is 2.18. The van der Waals surface area contributed by atoms with E-state index in [1.807, 2.05) is 24.3 Å². The van der Waals surface area contributed by atoms with Crippen LogP contribution in [0.1, 0.15) is 37.5 Å². The Hall–Kier alpha value is -2.13. The fourth-order valence-corrected chi connectivity index (χ4v) is 2.58. The maximum Gasteiger partial charge on any atom is 0.238 e. The van der Waals surface area contributed by atoms with Gasteiger partial charge in [-0.25, -0.2) is 0 Å². The normalized spacial score (nSPS) is 11.3. The van der Waals surface area contributed by atoms with Gasteiger partial charge >= 0.3 is 0 Å². The first-order chi connectivity index (χ1) is 10.9. The zero-order chi connectivity index (χ0) is 16.9. The number of benzene rings is 2. The van der Waals surface area contributed by atoms with Gasteiger partial charge in [0.05, 0.1) is 6.54 Å². The van der Waals surface area contributed by atoms with Crippen LogP contribution < -0.4 is 10.6 Å². The molecule has 3 heteroatoms. The third-order valence-corrected chi connectivity index (χ3v) is 3.71. The van der Waals surface area contributed by atoms with Crippen molar-refractivity contribution in [2.75, 3.05) is 11.9 Å². The number of rotatable bonds is 5. The third-order valence-electron chi connectivity index (χ3n) is 3.71. The second-order valence-corrected chi connectivity index (χ2v) is 6.94. The van der Waals surface area contributed by atoms with Crippen molar-refractivity contribution in [3.63, 3.8) is 0 Å². The lowest BCUT2D eigenvalue weighted by atomic mass is 9.86. The number of para-hydroxylation sites is 1. The molecule has 3 nitrogen and oxygen atoms in total. The van der Waals surface area contributed by atoms with Crippen molar-refractivity contribution in [2.24, 2.45) is 0 Å². The third kappa shape index (κ3) is 5.22. The van der Waals surface area contributed by atoms with E-state index in [-0.39, 0.29) is 11.3 Å². The molecule has 0 aliphatic rings. The van der Waals surface area contributed by atoms with Crippen molar-refractivity contribution in [1.29, 1.82) is 0 Å². The second-order valence-electron chi connectivity index (χ2n) is 6.94. The molecule has 0 spiro atoms. The van der Waals surface area contributed by atoms with E-state index in [1.165, 1.54) is 11.1 Å². The van der Waals surface area contributed by atoms with Gasteiger partial charge in [0.25, 0.3) is 0 Å². The minimum atomic E-state index is -0.0191. The lowest BCUT2D eigenvalue weighted by molar-refractivity contribution is -0.115. The fraction of sp³-hybridized carbons (Fsp3) is 0.350. The molecule has 0 aliphatic carbocycles. The van der Waals surface area contributed by atoms with Crippen LogP contribution in [0.2, 0.25) is 0 Å². The molecule has 2 N–H and O–H groups in total. The summed E-state index contributed by atoms with van der Waals surface area (Å²) in [7, 11) is 0. The van der Waals surface area contributed by atoms with E-state index in [1.54, 1.807) is 0 Å². The van der Waals surface area contributed by atoms with Gasteiger partial charge in [-0.1, -0.05) is 68.8 Å². The standard InChI is InChI=1S/C20H26N2O/c1-15-8-7-9-16(12-15)13-21-14-19(23)22-18-11-6-5-10-17(18)20(2,3)4/h5-12,21H,13-14H2,1-4H3,(H,22,23). The summed E-state index contributed by atoms with van der Waals surface area (Å²) < 4.78 is 0. The molecule has 2 aromatic rings. The van der Waals surface area contributed by atoms with Crippen LogP contribution in [0.3, 0.4) is 0 Å². The number of anilines is 1. The number of carbonyl (C=O) groups is 1. The summed E-state index contributed by atoms with van der Waals surface area (Å²) in [4.78, 5) is 12.2. The Morgan fingerprint density at radius 1 is 1.04 bits per heavy atom. The lowest BCUT2D eigenvalue weighted by Crippen LogP contribution is -2.28. The summed E-state index contributed by atoms with van der Waals surface area (Å²) in [6.07, 6.45) is 0. The quantitative estimate of drug-likeness (QED) is 0.875. The van der Waals surface area contributed by atoms with Crippen LogP contribution >= 0.6 is 0 Å². The van der Waals surface area contributed by atoms with Crippen LogP contribution in [0.4, 0.5) is 5.69 Å². The molecule has 0 fully saturated rings. The van der Waals surface area contributed by atoms with Crippen molar-refractivity contribution >= 4 is 11.6 Å². The first-order valence-corrected chi connectivity index (χ1v) is 8.02. The van der Waals surface area contributed by atoms with Gasteiger partial charge in [-0.3, -0.25) is 4.79 Å². The van der Waals surface area contributed by atoms with E-state index < -0.39 is 0 Å². The highest BCUT2D eigenvalue weighted by atomic mass is 16.1. The van der Waals surface area contributed by atoms with E-state index >= 15 is 0 Å². The maximum atomic E-state index is 12.2. The molecular formula is C20H26N2O. The highest BCUT2D eigenvalue weighted by Crippen LogP contribution is 2.29. The van der Waals surface area contributed by atoms with Crippen LogP contribution in [-0.2, 0) is 16.8 Å². The minimum Gasteiger partial charge on any atom is -0.325 e. The monoisotopic (exact) mass is 310 g/mol. The van der Waals surface area contributed by atoms with E-state index in [2.05, 4.69) is 62.6 Å². The van der Waals surface area contributed by atoms with Crippen LogP contribution in [0.25, 0.3) is 0 Å². The molecule has 0 aromatic heterocycles. The Labute approximate surface area is 139 Å². The number of aryl methyl sites for hydroxylation is 1. The van der Waals surface area contributed by atoms with E-state index in [9.17, 15) is 4.79 Å². The summed E-state index contributed by atoms with van der Waals surface area (Å²) >= 11 is 0. The minimum absolute atomic E-state index is 0.00112. The number of amides is 1. The first kappa shape index (κ1) is 17.2. The maximum absolute atomic E-state index is 12.2. The Morgan fingerprint density at radius 3 is 2.48 bits per heavy atom. The number of carbonyl (C=O) groups excluding carboxylic acids is 1. The summed E-state index contributed by atoms with van der Waals surface area (Å²) in [5.74, 6) is -0.0191. The Balaban J connectivity index is 1.91. The van der Waals surface area contributed by atoms with E-state index in [0.717, 1.165) is 11.3 Å². The molecule has 23 heavy (non-hydrogen) atoms. The van der Waals surface area contributed by atoms with Crippen molar-refractivity contribution < 1.29 is 4.79 Å². The molecule has 0 atom stereocenters. The molecule has 0 unspecified atom stereocenters. The number of hydrogen-bond donors (Lipinski definition) is 2. The zero-order valence-corrected chi connectivity index (χ0v) is 14.4. The number of hydrogen-bond acceptors (Lipinski definition) is 2.